The first-order valence-corrected chi connectivity index (χ1v) is 10.6. The number of hydrogen-bond acceptors (Lipinski definition) is 4. The van der Waals surface area contributed by atoms with Crippen LogP contribution < -0.4 is 10.6 Å². The van der Waals surface area contributed by atoms with Gasteiger partial charge in [-0.15, -0.1) is 11.3 Å². The van der Waals surface area contributed by atoms with Crippen molar-refractivity contribution in [3.8, 4) is 0 Å². The quantitative estimate of drug-likeness (QED) is 0.358. The summed E-state index contributed by atoms with van der Waals surface area (Å²) in [5.41, 5.74) is 1.18. The fourth-order valence-electron chi connectivity index (χ4n) is 2.83. The predicted molar refractivity (Wildman–Crippen MR) is 111 cm³/mol. The van der Waals surface area contributed by atoms with Crippen molar-refractivity contribution in [3.05, 3.63) is 16.1 Å². The van der Waals surface area contributed by atoms with Crippen LogP contribution in [0.5, 0.6) is 0 Å². The third-order valence-electron chi connectivity index (χ3n) is 4.09. The molecule has 0 radical (unpaired) electrons. The van der Waals surface area contributed by atoms with Crippen LogP contribution in [-0.2, 0) is 12.8 Å². The van der Waals surface area contributed by atoms with E-state index in [1.54, 1.807) is 11.3 Å². The van der Waals surface area contributed by atoms with Gasteiger partial charge in [-0.2, -0.15) is 0 Å². The zero-order chi connectivity index (χ0) is 18.7. The molecule has 1 rings (SSSR count). The largest absolute Gasteiger partial charge is 0.357 e. The Hall–Kier alpha value is -1.14. The number of rotatable bonds is 11. The van der Waals surface area contributed by atoms with Crippen LogP contribution in [0.4, 0.5) is 0 Å². The number of aliphatic imine (C=N–C) groups is 1. The molecule has 0 saturated carbocycles. The van der Waals surface area contributed by atoms with E-state index in [2.05, 4.69) is 67.4 Å². The summed E-state index contributed by atoms with van der Waals surface area (Å²) in [7, 11) is 0. The van der Waals surface area contributed by atoms with Crippen molar-refractivity contribution in [3.63, 3.8) is 0 Å². The van der Waals surface area contributed by atoms with Crippen LogP contribution in [-0.4, -0.2) is 54.1 Å². The summed E-state index contributed by atoms with van der Waals surface area (Å²) >= 11 is 1.75. The Bertz CT molecular complexity index is 488. The van der Waals surface area contributed by atoms with Crippen LogP contribution >= 0.6 is 11.3 Å². The van der Waals surface area contributed by atoms with Gasteiger partial charge in [0.1, 0.15) is 0 Å². The van der Waals surface area contributed by atoms with Crippen molar-refractivity contribution in [2.75, 3.05) is 26.2 Å². The molecule has 1 heterocycles. The lowest BCUT2D eigenvalue weighted by Gasteiger charge is -2.30. The summed E-state index contributed by atoms with van der Waals surface area (Å²) in [4.78, 5) is 11.8. The first kappa shape index (κ1) is 21.9. The second-order valence-electron chi connectivity index (χ2n) is 6.80. The Labute approximate surface area is 158 Å². The second-order valence-corrected chi connectivity index (χ2v) is 7.75. The van der Waals surface area contributed by atoms with E-state index in [4.69, 9.17) is 4.99 Å². The maximum absolute atomic E-state index is 4.71. The Morgan fingerprint density at radius 1 is 1.20 bits per heavy atom. The third kappa shape index (κ3) is 8.68. The first-order valence-electron chi connectivity index (χ1n) is 9.69. The molecule has 25 heavy (non-hydrogen) atoms. The zero-order valence-electron chi connectivity index (χ0n) is 16.9. The average molecular weight is 368 g/mol. The molecule has 0 spiro atoms. The van der Waals surface area contributed by atoms with E-state index in [1.807, 2.05) is 0 Å². The third-order valence-corrected chi connectivity index (χ3v) is 5.13. The molecular weight excluding hydrogens is 330 g/mol. The van der Waals surface area contributed by atoms with Crippen molar-refractivity contribution in [1.82, 2.24) is 20.5 Å². The zero-order valence-corrected chi connectivity index (χ0v) is 17.7. The Morgan fingerprint density at radius 3 is 2.48 bits per heavy atom. The molecule has 2 N–H and O–H groups in total. The lowest BCUT2D eigenvalue weighted by atomic mass is 10.2. The summed E-state index contributed by atoms with van der Waals surface area (Å²) in [6, 6.07) is 1.17. The Morgan fingerprint density at radius 2 is 1.92 bits per heavy atom. The van der Waals surface area contributed by atoms with Crippen LogP contribution in [0.3, 0.4) is 0 Å². The first-order chi connectivity index (χ1) is 12.0. The number of nitrogens with zero attached hydrogens (tertiary/aromatic N) is 3. The fraction of sp³-hybridized carbons (Fsp3) is 0.789. The van der Waals surface area contributed by atoms with Gasteiger partial charge >= 0.3 is 0 Å². The molecule has 0 bridgehead atoms. The van der Waals surface area contributed by atoms with E-state index in [-0.39, 0.29) is 0 Å². The van der Waals surface area contributed by atoms with Crippen LogP contribution in [0.2, 0.25) is 0 Å². The lowest BCUT2D eigenvalue weighted by molar-refractivity contribution is 0.174. The van der Waals surface area contributed by atoms with Crippen LogP contribution in [0.25, 0.3) is 0 Å². The number of aryl methyl sites for hydroxylation is 1. The lowest BCUT2D eigenvalue weighted by Crippen LogP contribution is -2.39. The molecular formula is C19H37N5S. The van der Waals surface area contributed by atoms with Gasteiger partial charge in [0, 0.05) is 50.1 Å². The second kappa shape index (κ2) is 12.3. The number of aromatic nitrogens is 1. The van der Waals surface area contributed by atoms with E-state index in [0.29, 0.717) is 12.1 Å². The van der Waals surface area contributed by atoms with E-state index in [0.717, 1.165) is 51.4 Å². The Kier molecular flexibility index (Phi) is 10.7. The van der Waals surface area contributed by atoms with E-state index in [1.165, 1.54) is 10.7 Å². The van der Waals surface area contributed by atoms with Crippen LogP contribution in [0.1, 0.15) is 58.7 Å². The number of thiazole rings is 1. The molecule has 0 aliphatic rings. The van der Waals surface area contributed by atoms with Crippen molar-refractivity contribution < 1.29 is 0 Å². The van der Waals surface area contributed by atoms with E-state index < -0.39 is 0 Å². The monoisotopic (exact) mass is 367 g/mol. The van der Waals surface area contributed by atoms with Crippen LogP contribution in [0, 0.1) is 0 Å². The molecule has 0 saturated heterocycles. The molecule has 0 aromatic carbocycles. The highest BCUT2D eigenvalue weighted by atomic mass is 32.1. The van der Waals surface area contributed by atoms with E-state index in [9.17, 15) is 0 Å². The molecule has 1 aromatic rings. The fourth-order valence-corrected chi connectivity index (χ4v) is 3.61. The summed E-state index contributed by atoms with van der Waals surface area (Å²) in [5, 5.41) is 10.1. The highest BCUT2D eigenvalue weighted by Gasteiger charge is 2.12. The van der Waals surface area contributed by atoms with Gasteiger partial charge in [-0.1, -0.05) is 6.92 Å². The maximum atomic E-state index is 4.71. The number of guanidine groups is 1. The minimum Gasteiger partial charge on any atom is -0.357 e. The number of hydrogen-bond donors (Lipinski definition) is 2. The molecule has 0 amide bonds. The molecule has 0 aliphatic carbocycles. The van der Waals surface area contributed by atoms with Gasteiger partial charge in [0.05, 0.1) is 10.7 Å². The van der Waals surface area contributed by atoms with Crippen LogP contribution in [0.15, 0.2) is 10.4 Å². The molecule has 0 unspecified atom stereocenters. The van der Waals surface area contributed by atoms with Gasteiger partial charge < -0.3 is 10.6 Å². The number of nitrogens with one attached hydrogen (secondary N) is 2. The van der Waals surface area contributed by atoms with Gasteiger partial charge in [-0.05, 0) is 47.5 Å². The molecule has 144 valence electrons. The molecule has 6 heteroatoms. The average Bonchev–Trinajstić information content (AvgIpc) is 3.01. The van der Waals surface area contributed by atoms with Crippen molar-refractivity contribution in [1.29, 1.82) is 0 Å². The molecule has 0 aliphatic heterocycles. The standard InChI is InChI=1S/C19H37N5S/c1-7-18-23-17(14-25-18)10-12-22-19(20-8-2)21-11-9-13-24(15(3)4)16(5)6/h14-16H,7-13H2,1-6H3,(H2,20,21,22). The Balaban J connectivity index is 2.37. The van der Waals surface area contributed by atoms with Gasteiger partial charge in [0.15, 0.2) is 5.96 Å². The minimum absolute atomic E-state index is 0.585. The van der Waals surface area contributed by atoms with Crippen molar-refractivity contribution in [2.24, 2.45) is 4.99 Å². The van der Waals surface area contributed by atoms with Gasteiger partial charge in [0.25, 0.3) is 0 Å². The molecule has 0 atom stereocenters. The van der Waals surface area contributed by atoms with Crippen molar-refractivity contribution >= 4 is 17.3 Å². The van der Waals surface area contributed by atoms with E-state index >= 15 is 0 Å². The minimum atomic E-state index is 0.585. The summed E-state index contributed by atoms with van der Waals surface area (Å²) in [6.07, 6.45) is 3.04. The topological polar surface area (TPSA) is 52.6 Å². The predicted octanol–water partition coefficient (Wildman–Crippen LogP) is 3.31. The highest BCUT2D eigenvalue weighted by Crippen LogP contribution is 2.10. The van der Waals surface area contributed by atoms with Gasteiger partial charge in [-0.25, -0.2) is 4.98 Å². The van der Waals surface area contributed by atoms with Gasteiger partial charge in [0.2, 0.25) is 0 Å². The molecule has 1 aromatic heterocycles. The summed E-state index contributed by atoms with van der Waals surface area (Å²) in [5.74, 6) is 0.911. The summed E-state index contributed by atoms with van der Waals surface area (Å²) < 4.78 is 0. The molecule has 0 fully saturated rings. The highest BCUT2D eigenvalue weighted by molar-refractivity contribution is 7.09. The maximum Gasteiger partial charge on any atom is 0.191 e. The smallest absolute Gasteiger partial charge is 0.191 e. The normalized spacial score (nSPS) is 12.4. The van der Waals surface area contributed by atoms with Crippen molar-refractivity contribution in [2.45, 2.75) is 72.9 Å². The summed E-state index contributed by atoms with van der Waals surface area (Å²) in [6.45, 7) is 17.0. The molecule has 5 nitrogen and oxygen atoms in total. The SMILES string of the molecule is CCNC(=NCCCN(C(C)C)C(C)C)NCCc1csc(CC)n1. The van der Waals surface area contributed by atoms with Gasteiger partial charge in [-0.3, -0.25) is 9.89 Å².